The Kier molecular flexibility index (Phi) is 6.12. The van der Waals surface area contributed by atoms with Crippen molar-refractivity contribution in [1.29, 1.82) is 0 Å². The average molecular weight is 374 g/mol. The molecule has 142 valence electrons. The van der Waals surface area contributed by atoms with Gasteiger partial charge in [0, 0.05) is 12.5 Å². The fraction of sp³-hybridized carbons (Fsp3) is 0.125. The standard InChI is InChI=1S/C24H22O4/c1-27-20-13-19(14-21(16-20)28-2)12-9-17-7-10-18(11-8-17)15-24(26)22-5-3-4-6-23(22)25/h3-14,16,25H,15H2,1-2H3/b12-9+. The first kappa shape index (κ1) is 19.2. The maximum Gasteiger partial charge on any atom is 0.170 e. The smallest absolute Gasteiger partial charge is 0.170 e. The van der Waals surface area contributed by atoms with E-state index in [1.54, 1.807) is 32.4 Å². The SMILES string of the molecule is COc1cc(/C=C/c2ccc(CC(=O)c3ccccc3O)cc2)cc(OC)c1. The molecule has 0 heterocycles. The van der Waals surface area contributed by atoms with E-state index in [0.29, 0.717) is 5.56 Å². The molecule has 3 aromatic carbocycles. The molecule has 4 heteroatoms. The number of ether oxygens (including phenoxy) is 2. The summed E-state index contributed by atoms with van der Waals surface area (Å²) in [5.41, 5.74) is 3.22. The third-order valence-electron chi connectivity index (χ3n) is 4.39. The lowest BCUT2D eigenvalue weighted by Gasteiger charge is -2.06. The zero-order valence-electron chi connectivity index (χ0n) is 15.9. The van der Waals surface area contributed by atoms with Gasteiger partial charge < -0.3 is 14.6 Å². The summed E-state index contributed by atoms with van der Waals surface area (Å²) < 4.78 is 10.6. The number of para-hydroxylation sites is 1. The van der Waals surface area contributed by atoms with Gasteiger partial charge in [-0.1, -0.05) is 48.6 Å². The average Bonchev–Trinajstić information content (AvgIpc) is 2.73. The van der Waals surface area contributed by atoms with Gasteiger partial charge in [0.15, 0.2) is 5.78 Å². The number of ketones is 1. The van der Waals surface area contributed by atoms with E-state index >= 15 is 0 Å². The Morgan fingerprint density at radius 3 is 2.07 bits per heavy atom. The third kappa shape index (κ3) is 4.80. The van der Waals surface area contributed by atoms with Crippen LogP contribution in [0.1, 0.15) is 27.0 Å². The lowest BCUT2D eigenvalue weighted by molar-refractivity contribution is 0.0990. The summed E-state index contributed by atoms with van der Waals surface area (Å²) in [7, 11) is 3.24. The maximum atomic E-state index is 12.4. The zero-order chi connectivity index (χ0) is 19.9. The molecule has 0 saturated heterocycles. The minimum absolute atomic E-state index is 0.0146. The highest BCUT2D eigenvalue weighted by atomic mass is 16.5. The van der Waals surface area contributed by atoms with E-state index in [1.807, 2.05) is 54.6 Å². The summed E-state index contributed by atoms with van der Waals surface area (Å²) in [4.78, 5) is 12.4. The van der Waals surface area contributed by atoms with Gasteiger partial charge in [-0.3, -0.25) is 4.79 Å². The molecule has 0 atom stereocenters. The Morgan fingerprint density at radius 2 is 1.46 bits per heavy atom. The van der Waals surface area contributed by atoms with Gasteiger partial charge in [0.2, 0.25) is 0 Å². The predicted molar refractivity (Wildman–Crippen MR) is 111 cm³/mol. The molecule has 0 unspecified atom stereocenters. The molecule has 3 aromatic rings. The highest BCUT2D eigenvalue weighted by molar-refractivity contribution is 5.99. The fourth-order valence-corrected chi connectivity index (χ4v) is 2.85. The van der Waals surface area contributed by atoms with Gasteiger partial charge in [0.05, 0.1) is 19.8 Å². The van der Waals surface area contributed by atoms with Crippen LogP contribution in [0.2, 0.25) is 0 Å². The molecular formula is C24H22O4. The number of phenols is 1. The molecule has 1 N–H and O–H groups in total. The number of hydrogen-bond donors (Lipinski definition) is 1. The molecule has 0 spiro atoms. The first-order valence-corrected chi connectivity index (χ1v) is 8.90. The second-order valence-corrected chi connectivity index (χ2v) is 6.34. The van der Waals surface area contributed by atoms with Crippen LogP contribution in [0.4, 0.5) is 0 Å². The van der Waals surface area contributed by atoms with Crippen LogP contribution in [-0.2, 0) is 6.42 Å². The van der Waals surface area contributed by atoms with Crippen LogP contribution in [0.15, 0.2) is 66.7 Å². The van der Waals surface area contributed by atoms with Crippen LogP contribution in [0.25, 0.3) is 12.2 Å². The summed E-state index contributed by atoms with van der Waals surface area (Å²) in [6.07, 6.45) is 4.21. The third-order valence-corrected chi connectivity index (χ3v) is 4.39. The molecule has 0 bridgehead atoms. The van der Waals surface area contributed by atoms with Crippen LogP contribution >= 0.6 is 0 Å². The highest BCUT2D eigenvalue weighted by Gasteiger charge is 2.10. The predicted octanol–water partition coefficient (Wildman–Crippen LogP) is 5.01. The molecule has 0 saturated carbocycles. The second kappa shape index (κ2) is 8.91. The number of phenolic OH excluding ortho intramolecular Hbond substituents is 1. The Morgan fingerprint density at radius 1 is 0.857 bits per heavy atom. The van der Waals surface area contributed by atoms with Crippen LogP contribution in [0.3, 0.4) is 0 Å². The van der Waals surface area contributed by atoms with E-state index in [2.05, 4.69) is 0 Å². The highest BCUT2D eigenvalue weighted by Crippen LogP contribution is 2.24. The zero-order valence-corrected chi connectivity index (χ0v) is 15.9. The Balaban J connectivity index is 1.70. The molecule has 0 amide bonds. The maximum absolute atomic E-state index is 12.4. The second-order valence-electron chi connectivity index (χ2n) is 6.34. The number of benzene rings is 3. The van der Waals surface area contributed by atoms with E-state index in [-0.39, 0.29) is 18.0 Å². The topological polar surface area (TPSA) is 55.8 Å². The Labute approximate surface area is 164 Å². The molecule has 0 aliphatic rings. The molecule has 28 heavy (non-hydrogen) atoms. The van der Waals surface area contributed by atoms with Gasteiger partial charge >= 0.3 is 0 Å². The summed E-state index contributed by atoms with van der Waals surface area (Å²) in [5, 5.41) is 9.81. The van der Waals surface area contributed by atoms with E-state index in [1.165, 1.54) is 6.07 Å². The molecule has 4 nitrogen and oxygen atoms in total. The van der Waals surface area contributed by atoms with E-state index in [4.69, 9.17) is 9.47 Å². The van der Waals surface area contributed by atoms with Crippen LogP contribution < -0.4 is 9.47 Å². The summed E-state index contributed by atoms with van der Waals surface area (Å²) in [5.74, 6) is 1.37. The first-order valence-electron chi connectivity index (χ1n) is 8.90. The van der Waals surface area contributed by atoms with Crippen molar-refractivity contribution in [1.82, 2.24) is 0 Å². The van der Waals surface area contributed by atoms with Crippen LogP contribution in [0.5, 0.6) is 17.2 Å². The van der Waals surface area contributed by atoms with Gasteiger partial charge in [-0.25, -0.2) is 0 Å². The molecule has 0 aliphatic carbocycles. The molecule has 0 radical (unpaired) electrons. The van der Waals surface area contributed by atoms with Crippen molar-refractivity contribution in [2.45, 2.75) is 6.42 Å². The van der Waals surface area contributed by atoms with Crippen molar-refractivity contribution in [3.63, 3.8) is 0 Å². The van der Waals surface area contributed by atoms with Crippen molar-refractivity contribution in [2.75, 3.05) is 14.2 Å². The van der Waals surface area contributed by atoms with Crippen LogP contribution in [-0.4, -0.2) is 25.1 Å². The monoisotopic (exact) mass is 374 g/mol. The summed E-state index contributed by atoms with van der Waals surface area (Å²) >= 11 is 0. The molecule has 3 rings (SSSR count). The van der Waals surface area contributed by atoms with E-state index in [9.17, 15) is 9.90 Å². The number of aromatic hydroxyl groups is 1. The largest absolute Gasteiger partial charge is 0.507 e. The number of hydrogen-bond acceptors (Lipinski definition) is 4. The first-order chi connectivity index (χ1) is 13.6. The lowest BCUT2D eigenvalue weighted by atomic mass is 10.0. The van der Waals surface area contributed by atoms with Crippen molar-refractivity contribution in [2.24, 2.45) is 0 Å². The minimum Gasteiger partial charge on any atom is -0.507 e. The molecular weight excluding hydrogens is 352 g/mol. The summed E-state index contributed by atoms with van der Waals surface area (Å²) in [6.45, 7) is 0. The van der Waals surface area contributed by atoms with Gasteiger partial charge in [-0.2, -0.15) is 0 Å². The Hall–Kier alpha value is -3.53. The molecule has 0 aromatic heterocycles. The molecule has 0 fully saturated rings. The quantitative estimate of drug-likeness (QED) is 0.467. The van der Waals surface area contributed by atoms with Gasteiger partial charge in [0.25, 0.3) is 0 Å². The lowest BCUT2D eigenvalue weighted by Crippen LogP contribution is -2.03. The molecule has 0 aliphatic heterocycles. The van der Waals surface area contributed by atoms with Crippen molar-refractivity contribution < 1.29 is 19.4 Å². The van der Waals surface area contributed by atoms with Gasteiger partial charge in [-0.05, 0) is 41.0 Å². The normalized spacial score (nSPS) is 10.8. The van der Waals surface area contributed by atoms with E-state index in [0.717, 1.165) is 28.2 Å². The van der Waals surface area contributed by atoms with Crippen molar-refractivity contribution >= 4 is 17.9 Å². The summed E-state index contributed by atoms with van der Waals surface area (Å²) in [6, 6.07) is 20.0. The number of Topliss-reactive ketones (excluding diaryl/α,β-unsaturated/α-hetero) is 1. The fourth-order valence-electron chi connectivity index (χ4n) is 2.85. The number of carbonyl (C=O) groups is 1. The van der Waals surface area contributed by atoms with Gasteiger partial charge in [-0.15, -0.1) is 0 Å². The minimum atomic E-state index is -0.107. The number of carbonyl (C=O) groups excluding carboxylic acids is 1. The van der Waals surface area contributed by atoms with Crippen molar-refractivity contribution in [3.8, 4) is 17.2 Å². The Bertz CT molecular complexity index is 965. The number of methoxy groups -OCH3 is 2. The number of rotatable bonds is 7. The van der Waals surface area contributed by atoms with E-state index < -0.39 is 0 Å². The van der Waals surface area contributed by atoms with Crippen LogP contribution in [0, 0.1) is 0 Å². The van der Waals surface area contributed by atoms with Crippen molar-refractivity contribution in [3.05, 3.63) is 89.0 Å². The van der Waals surface area contributed by atoms with Gasteiger partial charge in [0.1, 0.15) is 17.2 Å².